The molecule has 7 heteroatoms. The molecule has 0 aliphatic carbocycles. The molecule has 0 aliphatic heterocycles. The average Bonchev–Trinajstić information content (AvgIpc) is 2.47. The summed E-state index contributed by atoms with van der Waals surface area (Å²) in [5.41, 5.74) is 0.251. The highest BCUT2D eigenvalue weighted by Gasteiger charge is 2.11. The highest BCUT2D eigenvalue weighted by Crippen LogP contribution is 2.25. The highest BCUT2D eigenvalue weighted by molar-refractivity contribution is 6.42. The fourth-order valence-electron chi connectivity index (χ4n) is 1.75. The monoisotopic (exact) mass is 344 g/mol. The summed E-state index contributed by atoms with van der Waals surface area (Å²) in [4.78, 5) is 11.7. The second-order valence-corrected chi connectivity index (χ2v) is 5.26. The minimum Gasteiger partial charge on any atom is -0.384 e. The van der Waals surface area contributed by atoms with E-state index in [1.165, 1.54) is 6.07 Å². The molecule has 22 heavy (non-hydrogen) atoms. The summed E-state index contributed by atoms with van der Waals surface area (Å²) in [7, 11) is 0. The van der Waals surface area contributed by atoms with Crippen molar-refractivity contribution in [3.8, 4) is 0 Å². The Kier molecular flexibility index (Phi) is 5.57. The number of halogens is 4. The number of amides is 1. The zero-order valence-corrected chi connectivity index (χ0v) is 12.8. The number of rotatable bonds is 5. The normalized spacial score (nSPS) is 10.4. The molecule has 2 aromatic rings. The molecule has 2 rings (SSSR count). The molecule has 0 saturated carbocycles. The predicted octanol–water partition coefficient (Wildman–Crippen LogP) is 4.71. The first-order valence-corrected chi connectivity index (χ1v) is 7.16. The van der Waals surface area contributed by atoms with E-state index < -0.39 is 23.2 Å². The number of hydrogen-bond acceptors (Lipinski definition) is 2. The Hall–Kier alpha value is -1.85. The summed E-state index contributed by atoms with van der Waals surface area (Å²) in [6.45, 7) is 0.278. The third-order valence-electron chi connectivity index (χ3n) is 2.83. The SMILES string of the molecule is O=C(CCNc1ccc(Cl)c(Cl)c1)Nc1c(F)cccc1F. The van der Waals surface area contributed by atoms with Crippen molar-refractivity contribution in [1.29, 1.82) is 0 Å². The fourth-order valence-corrected chi connectivity index (χ4v) is 2.04. The third-order valence-corrected chi connectivity index (χ3v) is 3.57. The molecule has 0 atom stereocenters. The molecule has 3 nitrogen and oxygen atoms in total. The number of carbonyl (C=O) groups excluding carboxylic acids is 1. The van der Waals surface area contributed by atoms with E-state index in [1.807, 2.05) is 0 Å². The van der Waals surface area contributed by atoms with Crippen LogP contribution in [-0.4, -0.2) is 12.5 Å². The number of para-hydroxylation sites is 1. The second kappa shape index (κ2) is 7.42. The topological polar surface area (TPSA) is 41.1 Å². The van der Waals surface area contributed by atoms with Crippen molar-refractivity contribution in [2.75, 3.05) is 17.2 Å². The van der Waals surface area contributed by atoms with Crippen molar-refractivity contribution >= 4 is 40.5 Å². The highest BCUT2D eigenvalue weighted by atomic mass is 35.5. The second-order valence-electron chi connectivity index (χ2n) is 4.45. The van der Waals surface area contributed by atoms with Crippen molar-refractivity contribution in [3.63, 3.8) is 0 Å². The minimum absolute atomic E-state index is 0.0357. The first kappa shape index (κ1) is 16.5. The molecule has 0 heterocycles. The first-order chi connectivity index (χ1) is 10.5. The van der Waals surface area contributed by atoms with E-state index in [4.69, 9.17) is 23.2 Å². The van der Waals surface area contributed by atoms with Gasteiger partial charge in [0.05, 0.1) is 10.0 Å². The first-order valence-electron chi connectivity index (χ1n) is 6.40. The van der Waals surface area contributed by atoms with Crippen LogP contribution in [0.25, 0.3) is 0 Å². The van der Waals surface area contributed by atoms with Crippen LogP contribution >= 0.6 is 23.2 Å². The van der Waals surface area contributed by atoms with Gasteiger partial charge in [0.15, 0.2) is 0 Å². The predicted molar refractivity (Wildman–Crippen MR) is 84.6 cm³/mol. The largest absolute Gasteiger partial charge is 0.384 e. The molecule has 0 bridgehead atoms. The minimum atomic E-state index is -0.814. The lowest BCUT2D eigenvalue weighted by atomic mass is 10.2. The Morgan fingerprint density at radius 1 is 1.05 bits per heavy atom. The lowest BCUT2D eigenvalue weighted by Gasteiger charge is -2.09. The van der Waals surface area contributed by atoms with Crippen LogP contribution in [0.15, 0.2) is 36.4 Å². The lowest BCUT2D eigenvalue weighted by molar-refractivity contribution is -0.116. The summed E-state index contributed by atoms with van der Waals surface area (Å²) >= 11 is 11.7. The molecule has 0 saturated heterocycles. The molecule has 0 aromatic heterocycles. The zero-order valence-electron chi connectivity index (χ0n) is 11.3. The summed E-state index contributed by atoms with van der Waals surface area (Å²) < 4.78 is 26.8. The van der Waals surface area contributed by atoms with Crippen LogP contribution in [0.5, 0.6) is 0 Å². The molecular formula is C15H12Cl2F2N2O. The van der Waals surface area contributed by atoms with Crippen molar-refractivity contribution in [3.05, 3.63) is 58.1 Å². The maximum atomic E-state index is 13.4. The van der Waals surface area contributed by atoms with Gasteiger partial charge in [-0.15, -0.1) is 0 Å². The van der Waals surface area contributed by atoms with Gasteiger partial charge in [-0.3, -0.25) is 4.79 Å². The number of nitrogens with one attached hydrogen (secondary N) is 2. The van der Waals surface area contributed by atoms with Crippen LogP contribution in [0.4, 0.5) is 20.2 Å². The van der Waals surface area contributed by atoms with E-state index in [-0.39, 0.29) is 13.0 Å². The molecule has 0 aliphatic rings. The zero-order chi connectivity index (χ0) is 16.1. The van der Waals surface area contributed by atoms with Crippen LogP contribution in [0.1, 0.15) is 6.42 Å². The summed E-state index contributed by atoms with van der Waals surface area (Å²) in [6, 6.07) is 8.34. The van der Waals surface area contributed by atoms with E-state index >= 15 is 0 Å². The van der Waals surface area contributed by atoms with E-state index in [0.29, 0.717) is 15.7 Å². The van der Waals surface area contributed by atoms with Gasteiger partial charge in [0.1, 0.15) is 17.3 Å². The molecule has 1 amide bonds. The van der Waals surface area contributed by atoms with Gasteiger partial charge in [0, 0.05) is 18.7 Å². The van der Waals surface area contributed by atoms with Crippen LogP contribution < -0.4 is 10.6 Å². The number of carbonyl (C=O) groups is 1. The van der Waals surface area contributed by atoms with E-state index in [0.717, 1.165) is 12.1 Å². The molecule has 2 N–H and O–H groups in total. The fraction of sp³-hybridized carbons (Fsp3) is 0.133. The van der Waals surface area contributed by atoms with Gasteiger partial charge in [-0.05, 0) is 30.3 Å². The van der Waals surface area contributed by atoms with Gasteiger partial charge in [-0.25, -0.2) is 8.78 Å². The lowest BCUT2D eigenvalue weighted by Crippen LogP contribution is -2.17. The number of hydrogen-bond donors (Lipinski definition) is 2. The molecule has 116 valence electrons. The van der Waals surface area contributed by atoms with Gasteiger partial charge in [-0.2, -0.15) is 0 Å². The maximum absolute atomic E-state index is 13.4. The van der Waals surface area contributed by atoms with Crippen LogP contribution in [0.2, 0.25) is 10.0 Å². The number of anilines is 2. The van der Waals surface area contributed by atoms with Crippen molar-refractivity contribution in [1.82, 2.24) is 0 Å². The standard InChI is InChI=1S/C15H12Cl2F2N2O/c16-10-5-4-9(8-11(10)17)20-7-6-14(22)21-15-12(18)2-1-3-13(15)19/h1-5,8,20H,6-7H2,(H,21,22). The van der Waals surface area contributed by atoms with Crippen molar-refractivity contribution < 1.29 is 13.6 Å². The van der Waals surface area contributed by atoms with Crippen LogP contribution in [-0.2, 0) is 4.79 Å². The summed E-state index contributed by atoms with van der Waals surface area (Å²) in [6.07, 6.45) is 0.0357. The average molecular weight is 345 g/mol. The van der Waals surface area contributed by atoms with Gasteiger partial charge < -0.3 is 10.6 Å². The van der Waals surface area contributed by atoms with Crippen molar-refractivity contribution in [2.24, 2.45) is 0 Å². The quantitative estimate of drug-likeness (QED) is 0.824. The molecule has 2 aromatic carbocycles. The van der Waals surface area contributed by atoms with Crippen LogP contribution in [0, 0.1) is 11.6 Å². The third kappa shape index (κ3) is 4.32. The Bertz CT molecular complexity index is 675. The van der Waals surface area contributed by atoms with Gasteiger partial charge >= 0.3 is 0 Å². The molecular weight excluding hydrogens is 333 g/mol. The van der Waals surface area contributed by atoms with Crippen molar-refractivity contribution in [2.45, 2.75) is 6.42 Å². The van der Waals surface area contributed by atoms with Gasteiger partial charge in [0.2, 0.25) is 5.91 Å². The van der Waals surface area contributed by atoms with Gasteiger partial charge in [-0.1, -0.05) is 29.3 Å². The Balaban J connectivity index is 1.86. The smallest absolute Gasteiger partial charge is 0.226 e. The van der Waals surface area contributed by atoms with Crippen LogP contribution in [0.3, 0.4) is 0 Å². The molecule has 0 unspecified atom stereocenters. The molecule has 0 spiro atoms. The Labute approximate surface area is 136 Å². The van der Waals surface area contributed by atoms with Gasteiger partial charge in [0.25, 0.3) is 0 Å². The molecule has 0 fully saturated rings. The summed E-state index contributed by atoms with van der Waals surface area (Å²) in [5, 5.41) is 6.00. The molecule has 0 radical (unpaired) electrons. The maximum Gasteiger partial charge on any atom is 0.226 e. The van der Waals surface area contributed by atoms with E-state index in [1.54, 1.807) is 18.2 Å². The summed E-state index contributed by atoms with van der Waals surface area (Å²) in [5.74, 6) is -2.13. The number of benzene rings is 2. The Morgan fingerprint density at radius 2 is 1.73 bits per heavy atom. The van der Waals surface area contributed by atoms with E-state index in [2.05, 4.69) is 10.6 Å². The van der Waals surface area contributed by atoms with E-state index in [9.17, 15) is 13.6 Å². The Morgan fingerprint density at radius 3 is 2.36 bits per heavy atom.